The average molecular weight is 352 g/mol. The molecule has 2 aliphatic heterocycles. The summed E-state index contributed by atoms with van der Waals surface area (Å²) in [6.07, 6.45) is 0.728. The van der Waals surface area contributed by atoms with Gasteiger partial charge in [-0.25, -0.2) is 0 Å². The van der Waals surface area contributed by atoms with E-state index in [2.05, 4.69) is 18.7 Å². The SMILES string of the molecule is C=C(C)[C@H]1OCC2CC([Se]c3ccccc3)C(=O)N21.CC. The van der Waals surface area contributed by atoms with Gasteiger partial charge < -0.3 is 0 Å². The average Bonchev–Trinajstić information content (AvgIpc) is 3.04. The molecule has 3 atom stereocenters. The van der Waals surface area contributed by atoms with Crippen molar-refractivity contribution in [2.24, 2.45) is 0 Å². The normalized spacial score (nSPS) is 27.1. The number of benzene rings is 1. The Morgan fingerprint density at radius 2 is 2.00 bits per heavy atom. The van der Waals surface area contributed by atoms with Crippen LogP contribution in [0.15, 0.2) is 42.5 Å². The van der Waals surface area contributed by atoms with E-state index in [0.29, 0.717) is 6.61 Å². The number of hydrogen-bond donors (Lipinski definition) is 0. The fourth-order valence-electron chi connectivity index (χ4n) is 2.69. The molecule has 0 bridgehead atoms. The Labute approximate surface area is 133 Å². The molecule has 2 aliphatic rings. The van der Waals surface area contributed by atoms with Crippen LogP contribution in [0, 0.1) is 0 Å². The predicted octanol–water partition coefficient (Wildman–Crippen LogP) is 2.36. The van der Waals surface area contributed by atoms with Gasteiger partial charge in [-0.2, -0.15) is 0 Å². The molecule has 1 amide bonds. The maximum atomic E-state index is 12.5. The minimum atomic E-state index is -0.200. The quantitative estimate of drug-likeness (QED) is 0.617. The molecular formula is C17H23NO2Se. The standard InChI is InChI=1S/C15H17NO2Se.C2H6/c1-10(2)15-16-11(9-18-15)8-13(14(16)17)19-12-6-4-3-5-7-12;1-2/h3-7,11,13,15H,1,8-9H2,2H3;1-2H3/t11?,13?,15-;/m1./s1. The summed E-state index contributed by atoms with van der Waals surface area (Å²) >= 11 is 0.211. The third kappa shape index (κ3) is 3.39. The van der Waals surface area contributed by atoms with Gasteiger partial charge in [0, 0.05) is 0 Å². The summed E-state index contributed by atoms with van der Waals surface area (Å²) in [6.45, 7) is 10.5. The summed E-state index contributed by atoms with van der Waals surface area (Å²) in [5, 5.41) is 0. The molecule has 1 aromatic carbocycles. The van der Waals surface area contributed by atoms with Crippen molar-refractivity contribution in [2.75, 3.05) is 6.61 Å². The van der Waals surface area contributed by atoms with Gasteiger partial charge in [0.25, 0.3) is 0 Å². The van der Waals surface area contributed by atoms with Crippen LogP contribution in [-0.2, 0) is 9.53 Å². The van der Waals surface area contributed by atoms with Crippen molar-refractivity contribution < 1.29 is 9.53 Å². The van der Waals surface area contributed by atoms with E-state index >= 15 is 0 Å². The van der Waals surface area contributed by atoms with Gasteiger partial charge in [-0.1, -0.05) is 13.8 Å². The second kappa shape index (κ2) is 7.26. The number of fused-ring (bicyclic) bond motifs is 1. The Hall–Kier alpha value is -1.09. The topological polar surface area (TPSA) is 29.5 Å². The van der Waals surface area contributed by atoms with Gasteiger partial charge in [-0.05, 0) is 0 Å². The van der Waals surface area contributed by atoms with Crippen LogP contribution >= 0.6 is 0 Å². The fraction of sp³-hybridized carbons (Fsp3) is 0.471. The fourth-order valence-corrected chi connectivity index (χ4v) is 5.17. The molecule has 0 radical (unpaired) electrons. The zero-order valence-corrected chi connectivity index (χ0v) is 14.6. The van der Waals surface area contributed by atoms with E-state index in [9.17, 15) is 4.79 Å². The second-order valence-corrected chi connectivity index (χ2v) is 7.76. The van der Waals surface area contributed by atoms with Crippen LogP contribution in [0.4, 0.5) is 0 Å². The monoisotopic (exact) mass is 353 g/mol. The van der Waals surface area contributed by atoms with Gasteiger partial charge in [-0.15, -0.1) is 0 Å². The molecule has 0 aliphatic carbocycles. The van der Waals surface area contributed by atoms with Crippen LogP contribution in [0.2, 0.25) is 4.82 Å². The number of amides is 1. The molecule has 3 rings (SSSR count). The van der Waals surface area contributed by atoms with Gasteiger partial charge in [-0.3, -0.25) is 0 Å². The molecule has 0 N–H and O–H groups in total. The molecule has 0 spiro atoms. The summed E-state index contributed by atoms with van der Waals surface area (Å²) in [5.41, 5.74) is 0.920. The van der Waals surface area contributed by atoms with E-state index in [-0.39, 0.29) is 38.0 Å². The van der Waals surface area contributed by atoms with Crippen molar-refractivity contribution in [2.45, 2.75) is 44.3 Å². The largest absolute Gasteiger partial charge is 0.0683 e. The minimum Gasteiger partial charge on any atom is -0.0683 e. The third-order valence-corrected chi connectivity index (χ3v) is 6.12. The maximum absolute atomic E-state index is 12.5. The van der Waals surface area contributed by atoms with E-state index < -0.39 is 0 Å². The predicted molar refractivity (Wildman–Crippen MR) is 86.7 cm³/mol. The summed E-state index contributed by atoms with van der Waals surface area (Å²) in [7, 11) is 0. The van der Waals surface area contributed by atoms with Gasteiger partial charge in [0.1, 0.15) is 0 Å². The first-order valence-electron chi connectivity index (χ1n) is 7.47. The maximum Gasteiger partial charge on any atom is -0.0683 e. The van der Waals surface area contributed by atoms with Crippen molar-refractivity contribution in [3.05, 3.63) is 42.5 Å². The smallest absolute Gasteiger partial charge is 0.0683 e. The van der Waals surface area contributed by atoms with E-state index in [0.717, 1.165) is 12.0 Å². The van der Waals surface area contributed by atoms with E-state index in [1.807, 2.05) is 43.9 Å². The first-order valence-corrected chi connectivity index (χ1v) is 9.32. The van der Waals surface area contributed by atoms with Crippen LogP contribution in [0.5, 0.6) is 0 Å². The second-order valence-electron chi connectivity index (χ2n) is 5.09. The molecule has 2 saturated heterocycles. The van der Waals surface area contributed by atoms with E-state index in [1.54, 1.807) is 0 Å². The first-order chi connectivity index (χ1) is 10.2. The van der Waals surface area contributed by atoms with Crippen LogP contribution in [0.1, 0.15) is 27.2 Å². The Kier molecular flexibility index (Phi) is 5.63. The van der Waals surface area contributed by atoms with Crippen LogP contribution in [0.25, 0.3) is 0 Å². The molecule has 4 heteroatoms. The Morgan fingerprint density at radius 1 is 1.33 bits per heavy atom. The van der Waals surface area contributed by atoms with Gasteiger partial charge >= 0.3 is 119 Å². The van der Waals surface area contributed by atoms with Gasteiger partial charge in [0.2, 0.25) is 0 Å². The Balaban J connectivity index is 0.000000774. The molecule has 21 heavy (non-hydrogen) atoms. The van der Waals surface area contributed by atoms with Crippen LogP contribution in [0.3, 0.4) is 0 Å². The zero-order valence-electron chi connectivity index (χ0n) is 12.9. The molecule has 2 unspecified atom stereocenters. The Morgan fingerprint density at radius 3 is 2.62 bits per heavy atom. The number of ether oxygens (including phenoxy) is 1. The summed E-state index contributed by atoms with van der Waals surface area (Å²) in [5.74, 6) is 0.249. The molecule has 3 nitrogen and oxygen atoms in total. The van der Waals surface area contributed by atoms with Crippen molar-refractivity contribution in [3.8, 4) is 0 Å². The van der Waals surface area contributed by atoms with E-state index in [1.165, 1.54) is 4.46 Å². The molecule has 2 heterocycles. The summed E-state index contributed by atoms with van der Waals surface area (Å²) < 4.78 is 6.96. The van der Waals surface area contributed by atoms with Gasteiger partial charge in [0.15, 0.2) is 0 Å². The minimum absolute atomic E-state index is 0.158. The van der Waals surface area contributed by atoms with E-state index in [4.69, 9.17) is 4.74 Å². The van der Waals surface area contributed by atoms with Crippen molar-refractivity contribution >= 4 is 25.3 Å². The van der Waals surface area contributed by atoms with Crippen molar-refractivity contribution in [1.82, 2.24) is 4.90 Å². The van der Waals surface area contributed by atoms with Crippen molar-refractivity contribution in [3.63, 3.8) is 0 Å². The number of rotatable bonds is 3. The van der Waals surface area contributed by atoms with Gasteiger partial charge in [0.05, 0.1) is 0 Å². The molecule has 1 aromatic rings. The van der Waals surface area contributed by atoms with Crippen LogP contribution < -0.4 is 4.46 Å². The molecular weight excluding hydrogens is 329 g/mol. The molecule has 0 saturated carbocycles. The Bertz CT molecular complexity index is 503. The molecule has 2 fully saturated rings. The molecule has 0 aromatic heterocycles. The van der Waals surface area contributed by atoms with Crippen LogP contribution in [-0.4, -0.2) is 44.6 Å². The number of carbonyl (C=O) groups excluding carboxylic acids is 1. The number of nitrogens with zero attached hydrogens (tertiary/aromatic N) is 1. The third-order valence-electron chi connectivity index (χ3n) is 3.55. The van der Waals surface area contributed by atoms with Crippen molar-refractivity contribution in [1.29, 1.82) is 0 Å². The summed E-state index contributed by atoms with van der Waals surface area (Å²) in [6, 6.07) is 10.6. The summed E-state index contributed by atoms with van der Waals surface area (Å²) in [4.78, 5) is 14.6. The molecule has 114 valence electrons. The number of carbonyl (C=O) groups is 1. The zero-order chi connectivity index (χ0) is 15.4. The first kappa shape index (κ1) is 16.3. The number of hydrogen-bond acceptors (Lipinski definition) is 2.